The van der Waals surface area contributed by atoms with Crippen molar-refractivity contribution in [1.29, 1.82) is 0 Å². The van der Waals surface area contributed by atoms with Crippen LogP contribution in [-0.2, 0) is 0 Å². The predicted molar refractivity (Wildman–Crippen MR) is 93.5 cm³/mol. The van der Waals surface area contributed by atoms with E-state index >= 15 is 0 Å². The highest BCUT2D eigenvalue weighted by atomic mass is 79.9. The van der Waals surface area contributed by atoms with Gasteiger partial charge in [0.25, 0.3) is 0 Å². The first-order chi connectivity index (χ1) is 9.69. The highest BCUT2D eigenvalue weighted by molar-refractivity contribution is 9.10. The smallest absolute Gasteiger partial charge is 0.191 e. The number of halogens is 1. The van der Waals surface area contributed by atoms with Crippen molar-refractivity contribution >= 4 is 33.7 Å². The number of nitrogens with zero attached hydrogens (tertiary/aromatic N) is 2. The van der Waals surface area contributed by atoms with Crippen LogP contribution in [0.15, 0.2) is 38.6 Å². The van der Waals surface area contributed by atoms with E-state index in [1.165, 1.54) is 9.37 Å². The molecule has 0 aliphatic heterocycles. The molecule has 1 rings (SSSR count). The molecule has 3 nitrogen and oxygen atoms in total. The van der Waals surface area contributed by atoms with Crippen molar-refractivity contribution in [3.05, 3.63) is 28.7 Å². The molecule has 112 valence electrons. The van der Waals surface area contributed by atoms with Gasteiger partial charge in [0.15, 0.2) is 5.96 Å². The fourth-order valence-electron chi connectivity index (χ4n) is 1.80. The van der Waals surface area contributed by atoms with E-state index in [9.17, 15) is 0 Å². The average Bonchev–Trinajstić information content (AvgIpc) is 2.45. The summed E-state index contributed by atoms with van der Waals surface area (Å²) in [5.74, 6) is 1.79. The summed E-state index contributed by atoms with van der Waals surface area (Å²) >= 11 is 5.45. The molecule has 0 saturated heterocycles. The van der Waals surface area contributed by atoms with E-state index in [1.807, 2.05) is 17.8 Å². The van der Waals surface area contributed by atoms with Crippen molar-refractivity contribution in [2.24, 2.45) is 10.7 Å². The van der Waals surface area contributed by atoms with Gasteiger partial charge in [0.2, 0.25) is 0 Å². The number of aliphatic imine (C=N–C) groups is 1. The quantitative estimate of drug-likeness (QED) is 0.331. The molecule has 1 aromatic carbocycles. The van der Waals surface area contributed by atoms with E-state index < -0.39 is 0 Å². The third-order valence-electron chi connectivity index (χ3n) is 3.01. The van der Waals surface area contributed by atoms with Crippen molar-refractivity contribution in [1.82, 2.24) is 4.90 Å². The van der Waals surface area contributed by atoms with Crippen LogP contribution in [0.3, 0.4) is 0 Å². The number of thioether (sulfide) groups is 1. The summed E-state index contributed by atoms with van der Waals surface area (Å²) < 4.78 is 1.17. The van der Waals surface area contributed by atoms with Gasteiger partial charge in [0, 0.05) is 29.0 Å². The van der Waals surface area contributed by atoms with Crippen LogP contribution in [0.5, 0.6) is 0 Å². The first kappa shape index (κ1) is 17.4. The molecule has 0 aliphatic rings. The third kappa shape index (κ3) is 6.18. The molecule has 0 unspecified atom stereocenters. The number of nitrogens with two attached hydrogens (primary N) is 1. The molecular formula is C15H24BrN3S. The molecule has 0 fully saturated rings. The summed E-state index contributed by atoms with van der Waals surface area (Å²) in [5.41, 5.74) is 5.93. The highest BCUT2D eigenvalue weighted by Gasteiger charge is 2.01. The van der Waals surface area contributed by atoms with E-state index in [2.05, 4.69) is 57.9 Å². The second-order valence-electron chi connectivity index (χ2n) is 4.40. The van der Waals surface area contributed by atoms with Crippen molar-refractivity contribution < 1.29 is 0 Å². The van der Waals surface area contributed by atoms with Gasteiger partial charge in [-0.2, -0.15) is 0 Å². The lowest BCUT2D eigenvalue weighted by atomic mass is 10.3. The van der Waals surface area contributed by atoms with Crippen LogP contribution in [0.2, 0.25) is 0 Å². The molecule has 0 saturated carbocycles. The molecule has 0 amide bonds. The summed E-state index contributed by atoms with van der Waals surface area (Å²) in [6.45, 7) is 6.85. The molecule has 0 bridgehead atoms. The molecule has 0 atom stereocenters. The SMILES string of the molecule is CCN(CC)C(N)=NCCCCSc1ccccc1Br. The minimum atomic E-state index is 0.674. The maximum atomic E-state index is 5.93. The molecule has 5 heteroatoms. The van der Waals surface area contributed by atoms with Crippen molar-refractivity contribution in [3.8, 4) is 0 Å². The zero-order valence-electron chi connectivity index (χ0n) is 12.3. The van der Waals surface area contributed by atoms with Crippen LogP contribution in [0.4, 0.5) is 0 Å². The highest BCUT2D eigenvalue weighted by Crippen LogP contribution is 2.27. The van der Waals surface area contributed by atoms with E-state index in [4.69, 9.17) is 5.73 Å². The molecule has 0 aromatic heterocycles. The fraction of sp³-hybridized carbons (Fsp3) is 0.533. The average molecular weight is 358 g/mol. The summed E-state index contributed by atoms with van der Waals surface area (Å²) in [6.07, 6.45) is 2.24. The maximum absolute atomic E-state index is 5.93. The van der Waals surface area contributed by atoms with E-state index in [-0.39, 0.29) is 0 Å². The minimum absolute atomic E-state index is 0.674. The van der Waals surface area contributed by atoms with Crippen molar-refractivity contribution in [3.63, 3.8) is 0 Å². The molecule has 2 N–H and O–H groups in total. The number of guanidine groups is 1. The van der Waals surface area contributed by atoms with Crippen LogP contribution >= 0.6 is 27.7 Å². The van der Waals surface area contributed by atoms with E-state index in [0.717, 1.165) is 38.2 Å². The molecule has 0 spiro atoms. The Bertz CT molecular complexity index is 419. The largest absolute Gasteiger partial charge is 0.370 e. The van der Waals surface area contributed by atoms with Gasteiger partial charge in [-0.25, -0.2) is 0 Å². The van der Waals surface area contributed by atoms with Crippen molar-refractivity contribution in [2.75, 3.05) is 25.4 Å². The Hall–Kier alpha value is -0.680. The Balaban J connectivity index is 2.19. The van der Waals surface area contributed by atoms with Crippen LogP contribution in [-0.4, -0.2) is 36.2 Å². The summed E-state index contributed by atoms with van der Waals surface area (Å²) in [5, 5.41) is 0. The zero-order chi connectivity index (χ0) is 14.8. The number of benzene rings is 1. The molecule has 0 aliphatic carbocycles. The molecular weight excluding hydrogens is 334 g/mol. The maximum Gasteiger partial charge on any atom is 0.191 e. The van der Waals surface area contributed by atoms with Crippen molar-refractivity contribution in [2.45, 2.75) is 31.6 Å². The monoisotopic (exact) mass is 357 g/mol. The molecule has 1 aromatic rings. The normalized spacial score (nSPS) is 11.7. The Kier molecular flexibility index (Phi) is 8.78. The number of unbranched alkanes of at least 4 members (excludes halogenated alkanes) is 1. The number of rotatable bonds is 8. The summed E-state index contributed by atoms with van der Waals surface area (Å²) in [6, 6.07) is 8.34. The molecule has 0 radical (unpaired) electrons. The summed E-state index contributed by atoms with van der Waals surface area (Å²) in [7, 11) is 0. The van der Waals surface area contributed by atoms with Gasteiger partial charge in [-0.05, 0) is 60.5 Å². The minimum Gasteiger partial charge on any atom is -0.370 e. The lowest BCUT2D eigenvalue weighted by molar-refractivity contribution is 0.458. The standard InChI is InChI=1S/C15H24BrN3S/c1-3-19(4-2)15(17)18-11-7-8-12-20-14-10-6-5-9-13(14)16/h5-6,9-10H,3-4,7-8,11-12H2,1-2H3,(H2,17,18). The first-order valence-electron chi connectivity index (χ1n) is 7.11. The van der Waals surface area contributed by atoms with Gasteiger partial charge < -0.3 is 10.6 Å². The predicted octanol–water partition coefficient (Wildman–Crippen LogP) is 3.98. The van der Waals surface area contributed by atoms with Gasteiger partial charge >= 0.3 is 0 Å². The Labute approximate surface area is 135 Å². The number of hydrogen-bond donors (Lipinski definition) is 1. The second kappa shape index (κ2) is 10.1. The lowest BCUT2D eigenvalue weighted by Crippen LogP contribution is -2.37. The lowest BCUT2D eigenvalue weighted by Gasteiger charge is -2.19. The van der Waals surface area contributed by atoms with Gasteiger partial charge in [-0.15, -0.1) is 11.8 Å². The fourth-order valence-corrected chi connectivity index (χ4v) is 3.38. The van der Waals surface area contributed by atoms with Crippen LogP contribution in [0.25, 0.3) is 0 Å². The van der Waals surface area contributed by atoms with Crippen LogP contribution in [0, 0.1) is 0 Å². The van der Waals surface area contributed by atoms with Crippen LogP contribution < -0.4 is 5.73 Å². The van der Waals surface area contributed by atoms with Gasteiger partial charge in [0.05, 0.1) is 0 Å². The molecule has 0 heterocycles. The van der Waals surface area contributed by atoms with E-state index in [1.54, 1.807) is 0 Å². The van der Waals surface area contributed by atoms with Crippen LogP contribution in [0.1, 0.15) is 26.7 Å². The van der Waals surface area contributed by atoms with E-state index in [0.29, 0.717) is 5.96 Å². The Morgan fingerprint density at radius 1 is 1.25 bits per heavy atom. The third-order valence-corrected chi connectivity index (χ3v) is 5.12. The Morgan fingerprint density at radius 3 is 2.60 bits per heavy atom. The molecule has 20 heavy (non-hydrogen) atoms. The summed E-state index contributed by atoms with van der Waals surface area (Å²) in [4.78, 5) is 7.81. The second-order valence-corrected chi connectivity index (χ2v) is 6.39. The topological polar surface area (TPSA) is 41.6 Å². The Morgan fingerprint density at radius 2 is 1.95 bits per heavy atom. The van der Waals surface area contributed by atoms with Gasteiger partial charge in [-0.1, -0.05) is 12.1 Å². The zero-order valence-corrected chi connectivity index (χ0v) is 14.7. The van der Waals surface area contributed by atoms with Gasteiger partial charge in [-0.3, -0.25) is 4.99 Å². The number of hydrogen-bond acceptors (Lipinski definition) is 2. The van der Waals surface area contributed by atoms with Gasteiger partial charge in [0.1, 0.15) is 0 Å². The first-order valence-corrected chi connectivity index (χ1v) is 8.89.